The van der Waals surface area contributed by atoms with Crippen LogP contribution in [0.1, 0.15) is 47.9 Å². The molecule has 0 unspecified atom stereocenters. The second kappa shape index (κ2) is 17.3. The van der Waals surface area contributed by atoms with Crippen molar-refractivity contribution in [1.82, 2.24) is 10.9 Å². The number of hydrazone groups is 2. The molecule has 0 heterocycles. The SMILES string of the molecule is COc1ccc2cc([C@H](C)C(=O)N/N=C/c3ccccc3O)ccc2c1.COc1ccc2cc([C@H](C)C(=O)N/N=C/c3ccccc3O)ccc2c1. The van der Waals surface area contributed by atoms with Gasteiger partial charge in [-0.2, -0.15) is 10.2 Å². The second-order valence-corrected chi connectivity index (χ2v) is 12.0. The lowest BCUT2D eigenvalue weighted by molar-refractivity contribution is -0.122. The Morgan fingerprint density at radius 2 is 0.923 bits per heavy atom. The maximum Gasteiger partial charge on any atom is 0.247 e. The average molecular weight is 697 g/mol. The van der Waals surface area contributed by atoms with Crippen molar-refractivity contribution in [2.45, 2.75) is 25.7 Å². The van der Waals surface area contributed by atoms with Gasteiger partial charge in [-0.25, -0.2) is 10.9 Å². The Hall–Kier alpha value is -6.68. The third-order valence-corrected chi connectivity index (χ3v) is 8.56. The summed E-state index contributed by atoms with van der Waals surface area (Å²) < 4.78 is 10.5. The highest BCUT2D eigenvalue weighted by Gasteiger charge is 2.16. The lowest BCUT2D eigenvalue weighted by atomic mass is 9.97. The van der Waals surface area contributed by atoms with Crippen LogP contribution in [-0.2, 0) is 9.59 Å². The maximum absolute atomic E-state index is 12.3. The molecule has 0 saturated carbocycles. The minimum atomic E-state index is -0.358. The largest absolute Gasteiger partial charge is 0.507 e. The number of fused-ring (bicyclic) bond motifs is 2. The monoisotopic (exact) mass is 696 g/mol. The Balaban J connectivity index is 0.000000201. The summed E-state index contributed by atoms with van der Waals surface area (Å²) in [6, 6.07) is 37.0. The van der Waals surface area contributed by atoms with Crippen molar-refractivity contribution in [2.75, 3.05) is 14.2 Å². The maximum atomic E-state index is 12.3. The van der Waals surface area contributed by atoms with Gasteiger partial charge in [0.25, 0.3) is 0 Å². The molecule has 0 aliphatic carbocycles. The van der Waals surface area contributed by atoms with Crippen molar-refractivity contribution in [3.8, 4) is 23.0 Å². The number of benzene rings is 6. The predicted molar refractivity (Wildman–Crippen MR) is 206 cm³/mol. The number of carbonyl (C=O) groups excluding carboxylic acids is 2. The number of phenolic OH excluding ortho intramolecular Hbond substituents is 2. The van der Waals surface area contributed by atoms with Gasteiger partial charge in [-0.05, 0) is 95.1 Å². The summed E-state index contributed by atoms with van der Waals surface area (Å²) in [6.45, 7) is 3.66. The fraction of sp³-hybridized carbons (Fsp3) is 0.143. The van der Waals surface area contributed by atoms with Crippen LogP contribution in [-0.4, -0.2) is 48.7 Å². The van der Waals surface area contributed by atoms with Crippen LogP contribution in [0.5, 0.6) is 23.0 Å². The van der Waals surface area contributed by atoms with Gasteiger partial charge in [0, 0.05) is 11.1 Å². The first-order valence-electron chi connectivity index (χ1n) is 16.5. The topological polar surface area (TPSA) is 142 Å². The van der Waals surface area contributed by atoms with Gasteiger partial charge in [0.2, 0.25) is 11.8 Å². The van der Waals surface area contributed by atoms with Crippen LogP contribution in [0, 0.1) is 0 Å². The third-order valence-electron chi connectivity index (χ3n) is 8.56. The van der Waals surface area contributed by atoms with Crippen molar-refractivity contribution in [2.24, 2.45) is 10.2 Å². The van der Waals surface area contributed by atoms with Crippen LogP contribution < -0.4 is 20.3 Å². The molecule has 2 amide bonds. The molecule has 2 atom stereocenters. The van der Waals surface area contributed by atoms with Gasteiger partial charge in [0.1, 0.15) is 23.0 Å². The Morgan fingerprint density at radius 1 is 0.558 bits per heavy atom. The summed E-state index contributed by atoms with van der Waals surface area (Å²) in [7, 11) is 3.27. The van der Waals surface area contributed by atoms with E-state index in [4.69, 9.17) is 9.47 Å². The molecule has 0 aliphatic rings. The van der Waals surface area contributed by atoms with Crippen molar-refractivity contribution < 1.29 is 29.3 Å². The molecule has 6 aromatic carbocycles. The Labute approximate surface area is 302 Å². The van der Waals surface area contributed by atoms with Gasteiger partial charge in [0.15, 0.2) is 0 Å². The molecule has 52 heavy (non-hydrogen) atoms. The zero-order valence-electron chi connectivity index (χ0n) is 29.3. The van der Waals surface area contributed by atoms with Gasteiger partial charge < -0.3 is 19.7 Å². The fourth-order valence-electron chi connectivity index (χ4n) is 5.30. The van der Waals surface area contributed by atoms with E-state index in [9.17, 15) is 19.8 Å². The van der Waals surface area contributed by atoms with Crippen LogP contribution in [0.25, 0.3) is 21.5 Å². The molecule has 10 heteroatoms. The van der Waals surface area contributed by atoms with Crippen LogP contribution in [0.15, 0.2) is 132 Å². The first kappa shape index (κ1) is 36.6. The molecular weight excluding hydrogens is 656 g/mol. The zero-order chi connectivity index (χ0) is 37.0. The summed E-state index contributed by atoms with van der Waals surface area (Å²) in [5, 5.41) is 31.4. The predicted octanol–water partition coefficient (Wildman–Crippen LogP) is 7.62. The van der Waals surface area contributed by atoms with E-state index in [-0.39, 0.29) is 35.1 Å². The van der Waals surface area contributed by atoms with E-state index in [0.29, 0.717) is 11.1 Å². The van der Waals surface area contributed by atoms with E-state index in [0.717, 1.165) is 44.2 Å². The average Bonchev–Trinajstić information content (AvgIpc) is 3.18. The number of amides is 2. The van der Waals surface area contributed by atoms with Gasteiger partial charge >= 0.3 is 0 Å². The highest BCUT2D eigenvalue weighted by molar-refractivity contribution is 5.91. The number of hydrogen-bond donors (Lipinski definition) is 4. The third kappa shape index (κ3) is 9.30. The van der Waals surface area contributed by atoms with Gasteiger partial charge in [-0.3, -0.25) is 9.59 Å². The van der Waals surface area contributed by atoms with Gasteiger partial charge in [-0.1, -0.05) is 72.8 Å². The number of aromatic hydroxyl groups is 2. The molecule has 264 valence electrons. The van der Waals surface area contributed by atoms with Crippen molar-refractivity contribution in [1.29, 1.82) is 0 Å². The highest BCUT2D eigenvalue weighted by atomic mass is 16.5. The molecule has 0 aliphatic heterocycles. The Bertz CT molecular complexity index is 2090. The molecular formula is C42H40N4O6. The van der Waals surface area contributed by atoms with Gasteiger partial charge in [-0.15, -0.1) is 0 Å². The van der Waals surface area contributed by atoms with Crippen LogP contribution in [0.3, 0.4) is 0 Å². The number of methoxy groups -OCH3 is 2. The number of rotatable bonds is 10. The number of hydrogen-bond acceptors (Lipinski definition) is 8. The molecule has 10 nitrogen and oxygen atoms in total. The molecule has 6 rings (SSSR count). The molecule has 0 saturated heterocycles. The fourth-order valence-corrected chi connectivity index (χ4v) is 5.30. The summed E-state index contributed by atoms with van der Waals surface area (Å²) in [6.07, 6.45) is 2.85. The molecule has 0 radical (unpaired) electrons. The summed E-state index contributed by atoms with van der Waals surface area (Å²) in [4.78, 5) is 24.7. The molecule has 0 spiro atoms. The zero-order valence-corrected chi connectivity index (χ0v) is 29.3. The normalized spacial score (nSPS) is 12.2. The standard InChI is InChI=1S/2C21H20N2O3/c2*1-14(21(25)23-22-13-18-5-3-4-6-20(18)24)15-7-8-17-12-19(26-2)10-9-16(17)11-15/h2*3-14,24H,1-2H3,(H,23,25)/b2*22-13+/t2*14-/m00/s1. The van der Waals surface area contributed by atoms with E-state index in [1.165, 1.54) is 12.4 Å². The number of phenols is 2. The van der Waals surface area contributed by atoms with Crippen molar-refractivity contribution in [3.05, 3.63) is 144 Å². The molecule has 0 bridgehead atoms. The minimum Gasteiger partial charge on any atom is -0.507 e. The summed E-state index contributed by atoms with van der Waals surface area (Å²) in [5.41, 5.74) is 7.93. The molecule has 4 N–H and O–H groups in total. The van der Waals surface area contributed by atoms with Crippen molar-refractivity contribution in [3.63, 3.8) is 0 Å². The van der Waals surface area contributed by atoms with Gasteiger partial charge in [0.05, 0.1) is 38.5 Å². The van der Waals surface area contributed by atoms with Crippen LogP contribution in [0.4, 0.5) is 0 Å². The quantitative estimate of drug-likeness (QED) is 0.0858. The number of nitrogens with zero attached hydrogens (tertiary/aromatic N) is 2. The van der Waals surface area contributed by atoms with E-state index >= 15 is 0 Å². The lowest BCUT2D eigenvalue weighted by Gasteiger charge is -2.11. The summed E-state index contributed by atoms with van der Waals surface area (Å²) >= 11 is 0. The van der Waals surface area contributed by atoms with E-state index in [1.807, 2.05) is 86.6 Å². The number of nitrogens with one attached hydrogen (secondary N) is 2. The first-order chi connectivity index (χ1) is 25.2. The van der Waals surface area contributed by atoms with Crippen molar-refractivity contribution >= 4 is 45.8 Å². The summed E-state index contributed by atoms with van der Waals surface area (Å²) in [5.74, 6) is 0.677. The van der Waals surface area contributed by atoms with E-state index in [1.54, 1.807) is 62.8 Å². The van der Waals surface area contributed by atoms with Crippen LogP contribution >= 0.6 is 0 Å². The Morgan fingerprint density at radius 3 is 1.31 bits per heavy atom. The second-order valence-electron chi connectivity index (χ2n) is 12.0. The lowest BCUT2D eigenvalue weighted by Crippen LogP contribution is -2.23. The number of ether oxygens (including phenoxy) is 2. The number of carbonyl (C=O) groups is 2. The van der Waals surface area contributed by atoms with E-state index < -0.39 is 0 Å². The first-order valence-corrected chi connectivity index (χ1v) is 16.5. The van der Waals surface area contributed by atoms with E-state index in [2.05, 4.69) is 21.1 Å². The molecule has 0 fully saturated rings. The minimum absolute atomic E-state index is 0.114. The number of para-hydroxylation sites is 2. The Kier molecular flexibility index (Phi) is 12.2. The molecule has 6 aromatic rings. The smallest absolute Gasteiger partial charge is 0.247 e. The molecule has 0 aromatic heterocycles. The van der Waals surface area contributed by atoms with Crippen LogP contribution in [0.2, 0.25) is 0 Å². The highest BCUT2D eigenvalue weighted by Crippen LogP contribution is 2.27.